The van der Waals surface area contributed by atoms with Gasteiger partial charge in [0.1, 0.15) is 0 Å². The average Bonchev–Trinajstić information content (AvgIpc) is 2.77. The third-order valence-corrected chi connectivity index (χ3v) is 5.23. The minimum atomic E-state index is -2.98. The van der Waals surface area contributed by atoms with Gasteiger partial charge in [0.05, 0.1) is 11.5 Å². The predicted octanol–water partition coefficient (Wildman–Crippen LogP) is 0.750. The molecule has 126 valence electrons. The van der Waals surface area contributed by atoms with Crippen LogP contribution in [0.25, 0.3) is 0 Å². The maximum Gasteiger partial charge on any atom is 0.222 e. The molecule has 3 N–H and O–H groups in total. The second-order valence-electron chi connectivity index (χ2n) is 5.61. The normalized spacial score (nSPS) is 19.1. The van der Waals surface area contributed by atoms with Gasteiger partial charge >= 0.3 is 0 Å². The van der Waals surface area contributed by atoms with Crippen LogP contribution in [-0.2, 0) is 19.4 Å². The number of hydrogen-bond acceptors (Lipinski definition) is 5. The molecule has 0 radical (unpaired) electrons. The lowest BCUT2D eigenvalue weighted by Crippen LogP contribution is -2.36. The molecule has 1 heterocycles. The van der Waals surface area contributed by atoms with E-state index < -0.39 is 9.84 Å². The second-order valence-corrected chi connectivity index (χ2v) is 7.83. The fraction of sp³-hybridized carbons (Fsp3) is 0.467. The first-order valence-electron chi connectivity index (χ1n) is 7.45. The molecule has 23 heavy (non-hydrogen) atoms. The Morgan fingerprint density at radius 2 is 2.00 bits per heavy atom. The van der Waals surface area contributed by atoms with Crippen LogP contribution in [-0.4, -0.2) is 44.3 Å². The average molecular weight is 339 g/mol. The van der Waals surface area contributed by atoms with Gasteiger partial charge in [0, 0.05) is 37.3 Å². The van der Waals surface area contributed by atoms with E-state index in [-0.39, 0.29) is 35.8 Å². The third kappa shape index (κ3) is 5.90. The molecule has 0 bridgehead atoms. The zero-order chi connectivity index (χ0) is 16.9. The molecule has 1 aliphatic heterocycles. The third-order valence-electron chi connectivity index (χ3n) is 3.46. The van der Waals surface area contributed by atoms with Crippen LogP contribution >= 0.6 is 0 Å². The molecular weight excluding hydrogens is 318 g/mol. The highest BCUT2D eigenvalue weighted by Gasteiger charge is 2.28. The minimum Gasteiger partial charge on any atom is -0.384 e. The summed E-state index contributed by atoms with van der Waals surface area (Å²) >= 11 is 0. The number of rotatable bonds is 6. The number of hydrogen-bond donors (Lipinski definition) is 3. The molecule has 7 nitrogen and oxygen atoms in total. The van der Waals surface area contributed by atoms with Gasteiger partial charge in [0.15, 0.2) is 9.84 Å². The topological polar surface area (TPSA) is 104 Å². The van der Waals surface area contributed by atoms with Crippen molar-refractivity contribution in [3.05, 3.63) is 24.3 Å². The lowest BCUT2D eigenvalue weighted by molar-refractivity contribution is -0.121. The molecule has 1 unspecified atom stereocenters. The van der Waals surface area contributed by atoms with Crippen LogP contribution in [0.15, 0.2) is 24.3 Å². The van der Waals surface area contributed by atoms with Crippen LogP contribution < -0.4 is 16.0 Å². The van der Waals surface area contributed by atoms with E-state index in [0.29, 0.717) is 18.7 Å². The first-order valence-corrected chi connectivity index (χ1v) is 9.27. The lowest BCUT2D eigenvalue weighted by atomic mass is 10.2. The summed E-state index contributed by atoms with van der Waals surface area (Å²) in [6.07, 6.45) is 0.737. The van der Waals surface area contributed by atoms with E-state index >= 15 is 0 Å². The van der Waals surface area contributed by atoms with Gasteiger partial charge in [-0.2, -0.15) is 0 Å². The summed E-state index contributed by atoms with van der Waals surface area (Å²) in [6.45, 7) is 1.86. The summed E-state index contributed by atoms with van der Waals surface area (Å²) in [7, 11) is -2.98. The van der Waals surface area contributed by atoms with Gasteiger partial charge in [0.2, 0.25) is 11.8 Å². The molecule has 1 atom stereocenters. The van der Waals surface area contributed by atoms with E-state index in [4.69, 9.17) is 0 Å². The summed E-state index contributed by atoms with van der Waals surface area (Å²) < 4.78 is 22.7. The van der Waals surface area contributed by atoms with Crippen molar-refractivity contribution in [2.45, 2.75) is 25.8 Å². The van der Waals surface area contributed by atoms with Crippen LogP contribution in [0.5, 0.6) is 0 Å². The monoisotopic (exact) mass is 339 g/mol. The van der Waals surface area contributed by atoms with Gasteiger partial charge < -0.3 is 16.0 Å². The van der Waals surface area contributed by atoms with Crippen molar-refractivity contribution in [1.82, 2.24) is 5.32 Å². The highest BCUT2D eigenvalue weighted by molar-refractivity contribution is 7.91. The zero-order valence-corrected chi connectivity index (χ0v) is 13.8. The van der Waals surface area contributed by atoms with Crippen molar-refractivity contribution in [3.63, 3.8) is 0 Å². The Kier molecular flexibility index (Phi) is 5.59. The number of anilines is 2. The molecule has 1 saturated heterocycles. The number of sulfone groups is 1. The number of benzene rings is 1. The smallest absolute Gasteiger partial charge is 0.222 e. The van der Waals surface area contributed by atoms with Crippen molar-refractivity contribution in [3.8, 4) is 0 Å². The number of carbonyl (C=O) groups excluding carboxylic acids is 2. The molecule has 1 aromatic carbocycles. The Hall–Kier alpha value is -2.09. The van der Waals surface area contributed by atoms with Gasteiger partial charge in [-0.25, -0.2) is 8.42 Å². The summed E-state index contributed by atoms with van der Waals surface area (Å²) in [4.78, 5) is 22.8. The molecule has 0 aliphatic carbocycles. The quantitative estimate of drug-likeness (QED) is 0.709. The molecule has 0 spiro atoms. The number of nitrogens with one attached hydrogen (secondary N) is 3. The van der Waals surface area contributed by atoms with Crippen LogP contribution in [0.4, 0.5) is 11.4 Å². The fourth-order valence-electron chi connectivity index (χ4n) is 2.44. The van der Waals surface area contributed by atoms with E-state index in [0.717, 1.165) is 5.69 Å². The molecule has 1 fully saturated rings. The van der Waals surface area contributed by atoms with Crippen LogP contribution in [0.1, 0.15) is 19.8 Å². The summed E-state index contributed by atoms with van der Waals surface area (Å²) in [5.74, 6) is -0.137. The molecular formula is C15H21N3O4S. The van der Waals surface area contributed by atoms with Gasteiger partial charge in [-0.1, -0.05) is 6.07 Å². The Bertz CT molecular complexity index is 688. The summed E-state index contributed by atoms with van der Waals surface area (Å²) in [5.41, 5.74) is 1.48. The standard InChI is InChI=1S/C15H21N3O4S/c1-11(19)17-13-4-2-3-12(9-13)16-7-5-15(20)18-14-6-8-23(21,22)10-14/h2-4,9,14,16H,5-8,10H2,1H3,(H,17,19)(H,18,20). The maximum absolute atomic E-state index is 11.8. The Morgan fingerprint density at radius 3 is 2.65 bits per heavy atom. The molecule has 1 aliphatic rings. The first-order chi connectivity index (χ1) is 10.8. The largest absolute Gasteiger partial charge is 0.384 e. The maximum atomic E-state index is 11.8. The Balaban J connectivity index is 1.74. The van der Waals surface area contributed by atoms with Gasteiger partial charge in [-0.15, -0.1) is 0 Å². The van der Waals surface area contributed by atoms with Crippen LogP contribution in [0.2, 0.25) is 0 Å². The van der Waals surface area contributed by atoms with Crippen LogP contribution in [0, 0.1) is 0 Å². The number of carbonyl (C=O) groups is 2. The zero-order valence-electron chi connectivity index (χ0n) is 13.0. The Labute approximate surface area is 135 Å². The Morgan fingerprint density at radius 1 is 1.26 bits per heavy atom. The van der Waals surface area contributed by atoms with E-state index in [9.17, 15) is 18.0 Å². The predicted molar refractivity (Wildman–Crippen MR) is 89.1 cm³/mol. The van der Waals surface area contributed by atoms with Gasteiger partial charge in [-0.3, -0.25) is 9.59 Å². The van der Waals surface area contributed by atoms with Crippen molar-refractivity contribution in [1.29, 1.82) is 0 Å². The van der Waals surface area contributed by atoms with Crippen molar-refractivity contribution < 1.29 is 18.0 Å². The molecule has 0 aromatic heterocycles. The van der Waals surface area contributed by atoms with Gasteiger partial charge in [0.25, 0.3) is 0 Å². The number of amides is 2. The fourth-order valence-corrected chi connectivity index (χ4v) is 4.11. The van der Waals surface area contributed by atoms with Crippen molar-refractivity contribution >= 4 is 33.0 Å². The highest BCUT2D eigenvalue weighted by atomic mass is 32.2. The molecule has 0 saturated carbocycles. The summed E-state index contributed by atoms with van der Waals surface area (Å²) in [6, 6.07) is 6.93. The van der Waals surface area contributed by atoms with Gasteiger partial charge in [-0.05, 0) is 24.6 Å². The SMILES string of the molecule is CC(=O)Nc1cccc(NCCC(=O)NC2CCS(=O)(=O)C2)c1. The van der Waals surface area contributed by atoms with E-state index in [1.54, 1.807) is 18.2 Å². The first kappa shape index (κ1) is 17.3. The highest BCUT2D eigenvalue weighted by Crippen LogP contribution is 2.15. The second kappa shape index (κ2) is 7.45. The minimum absolute atomic E-state index is 0.0327. The molecule has 8 heteroatoms. The van der Waals surface area contributed by atoms with Crippen molar-refractivity contribution in [2.75, 3.05) is 28.7 Å². The molecule has 2 amide bonds. The summed E-state index contributed by atoms with van der Waals surface area (Å²) in [5, 5.41) is 8.53. The molecule has 1 aromatic rings. The van der Waals surface area contributed by atoms with E-state index in [1.165, 1.54) is 6.92 Å². The van der Waals surface area contributed by atoms with E-state index in [2.05, 4.69) is 16.0 Å². The van der Waals surface area contributed by atoms with Crippen LogP contribution in [0.3, 0.4) is 0 Å². The molecule has 2 rings (SSSR count). The van der Waals surface area contributed by atoms with E-state index in [1.807, 2.05) is 6.07 Å². The van der Waals surface area contributed by atoms with Crippen molar-refractivity contribution in [2.24, 2.45) is 0 Å². The lowest BCUT2D eigenvalue weighted by Gasteiger charge is -2.12.